The second-order valence-electron chi connectivity index (χ2n) is 12.8. The van der Waals surface area contributed by atoms with Gasteiger partial charge in [0.1, 0.15) is 0 Å². The summed E-state index contributed by atoms with van der Waals surface area (Å²) in [6.45, 7) is 0. The van der Waals surface area contributed by atoms with Crippen molar-refractivity contribution in [3.63, 3.8) is 0 Å². The Kier molecular flexibility index (Phi) is 4.88. The van der Waals surface area contributed by atoms with Crippen LogP contribution in [-0.2, 0) is 0 Å². The van der Waals surface area contributed by atoms with Crippen LogP contribution in [0.5, 0.6) is 0 Å². The van der Waals surface area contributed by atoms with Crippen LogP contribution in [0, 0.1) is 0 Å². The molecular weight excluding hydrogens is 663 g/mol. The summed E-state index contributed by atoms with van der Waals surface area (Å²) in [4.78, 5) is 0.696. The number of rotatable bonds is 7. The Morgan fingerprint density at radius 3 is 1.49 bits per heavy atom. The highest BCUT2D eigenvalue weighted by molar-refractivity contribution is 6.14. The fourth-order valence-electron chi connectivity index (χ4n) is 7.01. The molecule has 0 saturated heterocycles. The van der Waals surface area contributed by atoms with E-state index in [0.29, 0.717) is 37.9 Å². The molecule has 55 heavy (non-hydrogen) atoms. The molecule has 0 heterocycles. The first-order valence-electron chi connectivity index (χ1n) is 26.1. The fraction of sp³-hybridized carbons (Fsp3) is 0. The third-order valence-electron chi connectivity index (χ3n) is 9.56. The van der Waals surface area contributed by atoms with E-state index in [4.69, 9.17) is 6.85 Å². The Morgan fingerprint density at radius 1 is 0.309 bits per heavy atom. The normalized spacial score (nSPS) is 15.6. The lowest BCUT2D eigenvalue weighted by atomic mass is 9.89. The number of hydrogen-bond donors (Lipinski definition) is 0. The highest BCUT2D eigenvalue weighted by Gasteiger charge is 2.17. The molecule has 1 heteroatoms. The third kappa shape index (κ3) is 6.02. The van der Waals surface area contributed by atoms with Crippen LogP contribution in [0.1, 0.15) is 23.3 Å². The van der Waals surface area contributed by atoms with Gasteiger partial charge in [-0.05, 0) is 119 Å². The van der Waals surface area contributed by atoms with Gasteiger partial charge in [-0.2, -0.15) is 0 Å². The zero-order valence-electron chi connectivity index (χ0n) is 46.0. The maximum atomic E-state index is 9.80. The molecular formula is C54H37N. The van der Waals surface area contributed by atoms with Crippen molar-refractivity contribution in [2.75, 3.05) is 4.90 Å². The van der Waals surface area contributed by atoms with E-state index in [1.54, 1.807) is 30.3 Å². The van der Waals surface area contributed by atoms with E-state index in [0.717, 1.165) is 21.5 Å². The minimum absolute atomic E-state index is 0.133. The van der Waals surface area contributed by atoms with Gasteiger partial charge in [-0.15, -0.1) is 0 Å². The number of nitrogens with zero attached hydrogens (tertiary/aromatic N) is 1. The lowest BCUT2D eigenvalue weighted by Crippen LogP contribution is -2.09. The summed E-state index contributed by atoms with van der Waals surface area (Å²) in [5, 5.41) is 4.28. The Bertz CT molecular complexity index is 3850. The molecule has 1 nitrogen and oxygen atoms in total. The highest BCUT2D eigenvalue weighted by Crippen LogP contribution is 2.42. The lowest BCUT2D eigenvalue weighted by Gasteiger charge is -2.26. The Morgan fingerprint density at radius 2 is 0.818 bits per heavy atom. The fourth-order valence-corrected chi connectivity index (χ4v) is 7.01. The minimum atomic E-state index is -0.986. The van der Waals surface area contributed by atoms with Crippen LogP contribution in [0.3, 0.4) is 0 Å². The predicted octanol–water partition coefficient (Wildman–Crippen LogP) is 15.3. The molecule has 0 fully saturated rings. The summed E-state index contributed by atoms with van der Waals surface area (Å²) in [5.74, 6) is 0. The maximum Gasteiger partial charge on any atom is 0.0645 e. The Hall–Kier alpha value is -7.22. The average Bonchev–Trinajstić information content (AvgIpc) is 3.39. The number of benzene rings is 10. The van der Waals surface area contributed by atoms with E-state index in [1.165, 1.54) is 0 Å². The largest absolute Gasteiger partial charge is 0.311 e. The molecule has 10 aromatic rings. The van der Waals surface area contributed by atoms with Crippen molar-refractivity contribution in [2.45, 2.75) is 0 Å². The second kappa shape index (κ2) is 14.0. The van der Waals surface area contributed by atoms with E-state index in [1.807, 2.05) is 91.0 Å². The molecule has 0 saturated carbocycles. The van der Waals surface area contributed by atoms with Crippen molar-refractivity contribution >= 4 is 49.4 Å². The molecule has 0 aliphatic heterocycles. The van der Waals surface area contributed by atoms with E-state index in [-0.39, 0.29) is 11.1 Å². The topological polar surface area (TPSA) is 3.24 Å². The molecule has 0 aliphatic rings. The highest BCUT2D eigenvalue weighted by atomic mass is 15.1. The monoisotopic (exact) mass is 716 g/mol. The maximum absolute atomic E-state index is 9.80. The number of hydrogen-bond acceptors (Lipinski definition) is 1. The molecule has 0 bridgehead atoms. The van der Waals surface area contributed by atoms with Crippen molar-refractivity contribution in [3.8, 4) is 44.5 Å². The second-order valence-corrected chi connectivity index (χ2v) is 12.8. The van der Waals surface area contributed by atoms with Gasteiger partial charge in [0.15, 0.2) is 0 Å². The van der Waals surface area contributed by atoms with Crippen molar-refractivity contribution in [1.29, 1.82) is 0 Å². The van der Waals surface area contributed by atoms with Gasteiger partial charge >= 0.3 is 0 Å². The standard InChI is InChI=1S/C54H37N/c1-3-13-38(14-4-1)39-23-30-45(31-24-39)55(46-32-25-42(26-33-46)53-37-44-18-8-9-19-48(44)51-21-11-12-22-52(51)53)47-34-27-43(28-35-47)54-49-20-10-7-17-41(49)29-36-50(54)40-15-5-2-6-16-40/h1-37H/i1D,3D,4D,13D,14D,23D,24D,25D,26D,27D,28D,30D,31D,32D,33D,34D,35D. The van der Waals surface area contributed by atoms with Crippen molar-refractivity contribution in [1.82, 2.24) is 0 Å². The van der Waals surface area contributed by atoms with Crippen LogP contribution in [0.25, 0.3) is 76.8 Å². The lowest BCUT2D eigenvalue weighted by molar-refractivity contribution is 1.28. The molecule has 0 N–H and O–H groups in total. The molecule has 0 radical (unpaired) electrons. The molecule has 0 unspecified atom stereocenters. The van der Waals surface area contributed by atoms with E-state index in [2.05, 4.69) is 0 Å². The molecule has 0 amide bonds. The third-order valence-corrected chi connectivity index (χ3v) is 9.56. The summed E-state index contributed by atoms with van der Waals surface area (Å²) >= 11 is 0. The minimum Gasteiger partial charge on any atom is -0.311 e. The van der Waals surface area contributed by atoms with Crippen LogP contribution in [0.2, 0.25) is 0 Å². The van der Waals surface area contributed by atoms with Gasteiger partial charge in [-0.25, -0.2) is 0 Å². The first kappa shape index (κ1) is 19.2. The van der Waals surface area contributed by atoms with Crippen LogP contribution in [-0.4, -0.2) is 0 Å². The molecule has 10 aromatic carbocycles. The van der Waals surface area contributed by atoms with Gasteiger partial charge in [-0.3, -0.25) is 0 Å². The zero-order chi connectivity index (χ0) is 51.3. The number of fused-ring (bicyclic) bond motifs is 4. The van der Waals surface area contributed by atoms with Crippen LogP contribution in [0.4, 0.5) is 17.1 Å². The van der Waals surface area contributed by atoms with Gasteiger partial charge < -0.3 is 4.90 Å². The first-order chi connectivity index (χ1) is 34.4. The van der Waals surface area contributed by atoms with Gasteiger partial charge in [-0.1, -0.05) is 182 Å². The molecule has 10 rings (SSSR count). The quantitative estimate of drug-likeness (QED) is 0.148. The van der Waals surface area contributed by atoms with Gasteiger partial charge in [0, 0.05) is 17.1 Å². The summed E-state index contributed by atoms with van der Waals surface area (Å²) in [6, 6.07) is 23.0. The SMILES string of the molecule is [2H]c1c([2H])c([2H])c(-c2c([2H])c([2H])c(N(c3c([2H])c([2H])c(-c4c(-c5ccccc5)ccc5ccccc45)c([2H])c3[2H])c3c([2H])c([2H])c(-c4cc5ccccc5c5ccccc45)c([2H])c3[2H])c([2H])c2[2H])c([2H])c1[2H]. The Balaban J connectivity index is 1.32. The van der Waals surface area contributed by atoms with Crippen LogP contribution < -0.4 is 4.90 Å². The van der Waals surface area contributed by atoms with Crippen molar-refractivity contribution in [3.05, 3.63) is 224 Å². The smallest absolute Gasteiger partial charge is 0.0645 e. The van der Waals surface area contributed by atoms with Gasteiger partial charge in [0.2, 0.25) is 0 Å². The average molecular weight is 717 g/mol. The van der Waals surface area contributed by atoms with E-state index < -0.39 is 131 Å². The van der Waals surface area contributed by atoms with Gasteiger partial charge in [0.25, 0.3) is 0 Å². The Labute approximate surface area is 345 Å². The zero-order valence-corrected chi connectivity index (χ0v) is 29.0. The molecule has 0 spiro atoms. The molecule has 0 aromatic heterocycles. The van der Waals surface area contributed by atoms with Crippen molar-refractivity contribution < 1.29 is 23.3 Å². The number of anilines is 3. The van der Waals surface area contributed by atoms with Crippen molar-refractivity contribution in [2.24, 2.45) is 0 Å². The molecule has 0 aliphatic carbocycles. The van der Waals surface area contributed by atoms with Crippen LogP contribution >= 0.6 is 0 Å². The van der Waals surface area contributed by atoms with E-state index in [9.17, 15) is 16.4 Å². The van der Waals surface area contributed by atoms with Gasteiger partial charge in [0.05, 0.1) is 23.3 Å². The molecule has 0 atom stereocenters. The van der Waals surface area contributed by atoms with Crippen LogP contribution in [0.15, 0.2) is 224 Å². The molecule has 258 valence electrons. The summed E-state index contributed by atoms with van der Waals surface area (Å²) in [5.41, 5.74) is -1.96. The van der Waals surface area contributed by atoms with E-state index >= 15 is 0 Å². The summed E-state index contributed by atoms with van der Waals surface area (Å²) in [6.07, 6.45) is 0. The first-order valence-corrected chi connectivity index (χ1v) is 17.6. The summed E-state index contributed by atoms with van der Waals surface area (Å²) < 4.78 is 158. The summed E-state index contributed by atoms with van der Waals surface area (Å²) in [7, 11) is 0. The predicted molar refractivity (Wildman–Crippen MR) is 235 cm³/mol.